The van der Waals surface area contributed by atoms with Gasteiger partial charge in [0.05, 0.1) is 25.5 Å². The lowest BCUT2D eigenvalue weighted by molar-refractivity contribution is -0.110. The molecular formula is C16H24ClN5O4. The summed E-state index contributed by atoms with van der Waals surface area (Å²) in [5.41, 5.74) is 0.579. The molecular weight excluding hydrogens is 362 g/mol. The van der Waals surface area contributed by atoms with E-state index < -0.39 is 24.5 Å². The maximum atomic E-state index is 10.3. The van der Waals surface area contributed by atoms with E-state index in [9.17, 15) is 15.3 Å². The molecule has 3 fully saturated rings. The Balaban J connectivity index is 1.48. The van der Waals surface area contributed by atoms with Crippen molar-refractivity contribution in [1.82, 2.24) is 20.9 Å². The van der Waals surface area contributed by atoms with Crippen LogP contribution in [0.4, 0.5) is 5.69 Å². The number of hydrogen-bond acceptors (Lipinski definition) is 9. The van der Waals surface area contributed by atoms with Gasteiger partial charge in [-0.3, -0.25) is 16.0 Å². The molecule has 0 bridgehead atoms. The molecule has 0 aliphatic carbocycles. The highest BCUT2D eigenvalue weighted by Crippen LogP contribution is 2.29. The van der Waals surface area contributed by atoms with Crippen LogP contribution in [0.25, 0.3) is 0 Å². The Hall–Kier alpha value is -1.01. The molecule has 1 aromatic carbocycles. The first-order chi connectivity index (χ1) is 12.6. The van der Waals surface area contributed by atoms with Gasteiger partial charge in [-0.05, 0) is 12.1 Å². The third-order valence-electron chi connectivity index (χ3n) is 5.11. The van der Waals surface area contributed by atoms with Gasteiger partial charge in [-0.1, -0.05) is 18.2 Å². The highest BCUT2D eigenvalue weighted by Gasteiger charge is 2.52. The predicted molar refractivity (Wildman–Crippen MR) is 94.9 cm³/mol. The maximum Gasteiger partial charge on any atom is 0.142 e. The van der Waals surface area contributed by atoms with Crippen molar-refractivity contribution < 1.29 is 20.1 Å². The van der Waals surface area contributed by atoms with Crippen molar-refractivity contribution in [3.05, 3.63) is 30.3 Å². The summed E-state index contributed by atoms with van der Waals surface area (Å²) in [7, 11) is 0. The Labute approximate surface area is 156 Å². The van der Waals surface area contributed by atoms with Crippen LogP contribution < -0.4 is 21.3 Å². The lowest BCUT2D eigenvalue weighted by Gasteiger charge is -2.42. The molecule has 3 heterocycles. The summed E-state index contributed by atoms with van der Waals surface area (Å²) >= 11 is 6.50. The number of para-hydroxylation sites is 1. The summed E-state index contributed by atoms with van der Waals surface area (Å²) in [6, 6.07) is 9.61. The molecule has 0 spiro atoms. The van der Waals surface area contributed by atoms with Crippen LogP contribution in [0.2, 0.25) is 0 Å². The Bertz CT molecular complexity index is 614. The Morgan fingerprint density at radius 3 is 2.65 bits per heavy atom. The van der Waals surface area contributed by atoms with Crippen LogP contribution in [0.3, 0.4) is 0 Å². The number of alkyl halides is 1. The number of nitrogens with zero attached hydrogens (tertiary/aromatic N) is 1. The van der Waals surface area contributed by atoms with E-state index in [1.807, 2.05) is 35.2 Å². The van der Waals surface area contributed by atoms with Crippen LogP contribution in [-0.4, -0.2) is 82.0 Å². The number of anilines is 1. The van der Waals surface area contributed by atoms with Gasteiger partial charge in [0, 0.05) is 5.69 Å². The average molecular weight is 386 g/mol. The first-order valence-corrected chi connectivity index (χ1v) is 9.11. The number of halogens is 1. The summed E-state index contributed by atoms with van der Waals surface area (Å²) in [6.45, 7) is 0.0767. The number of ether oxygens (including phenoxy) is 1. The molecule has 0 radical (unpaired) electrons. The van der Waals surface area contributed by atoms with Gasteiger partial charge >= 0.3 is 0 Å². The van der Waals surface area contributed by atoms with Gasteiger partial charge in [0.2, 0.25) is 0 Å². The van der Waals surface area contributed by atoms with Gasteiger partial charge < -0.3 is 25.4 Å². The highest BCUT2D eigenvalue weighted by molar-refractivity contribution is 6.21. The third-order valence-corrected chi connectivity index (χ3v) is 5.51. The molecule has 3 aliphatic rings. The van der Waals surface area contributed by atoms with E-state index in [2.05, 4.69) is 21.3 Å². The van der Waals surface area contributed by atoms with Crippen LogP contribution in [0, 0.1) is 0 Å². The zero-order valence-electron chi connectivity index (χ0n) is 14.0. The second-order valence-corrected chi connectivity index (χ2v) is 7.22. The smallest absolute Gasteiger partial charge is 0.142 e. The first-order valence-electron chi connectivity index (χ1n) is 8.68. The lowest BCUT2D eigenvalue weighted by Crippen LogP contribution is -2.70. The molecule has 8 atom stereocenters. The van der Waals surface area contributed by atoms with Gasteiger partial charge in [0.15, 0.2) is 0 Å². The topological polar surface area (TPSA) is 121 Å². The minimum atomic E-state index is -1.13. The minimum Gasteiger partial charge on any atom is -0.394 e. The predicted octanol–water partition coefficient (Wildman–Crippen LogP) is -1.86. The molecule has 26 heavy (non-hydrogen) atoms. The summed E-state index contributed by atoms with van der Waals surface area (Å²) in [6.07, 6.45) is -4.31. The quantitative estimate of drug-likeness (QED) is 0.236. The largest absolute Gasteiger partial charge is 0.394 e. The molecule has 10 heteroatoms. The molecule has 0 saturated carbocycles. The second-order valence-electron chi connectivity index (χ2n) is 6.75. The third kappa shape index (κ3) is 3.31. The van der Waals surface area contributed by atoms with E-state index >= 15 is 0 Å². The lowest BCUT2D eigenvalue weighted by atomic mass is 10.1. The second kappa shape index (κ2) is 7.55. The van der Waals surface area contributed by atoms with Crippen molar-refractivity contribution in [3.63, 3.8) is 0 Å². The van der Waals surface area contributed by atoms with E-state index in [0.717, 1.165) is 5.69 Å². The van der Waals surface area contributed by atoms with Crippen LogP contribution in [-0.2, 0) is 4.74 Å². The number of aliphatic hydroxyl groups is 3. The Morgan fingerprint density at radius 1 is 1.19 bits per heavy atom. The number of rotatable bonds is 4. The molecule has 0 amide bonds. The molecule has 3 saturated heterocycles. The molecule has 6 unspecified atom stereocenters. The monoisotopic (exact) mass is 385 g/mol. The van der Waals surface area contributed by atoms with Gasteiger partial charge in [-0.25, -0.2) is 4.90 Å². The van der Waals surface area contributed by atoms with E-state index in [-0.39, 0.29) is 30.6 Å². The SMILES string of the molecule is OC[C@H]1O[C@@H](N2CNC3C(Cl)NC(Nc4ccccc4)NC32)C(O)C1O. The molecule has 7 N–H and O–H groups in total. The normalized spacial score (nSPS) is 43.4. The zero-order chi connectivity index (χ0) is 18.3. The Morgan fingerprint density at radius 2 is 1.96 bits per heavy atom. The van der Waals surface area contributed by atoms with E-state index in [0.29, 0.717) is 6.67 Å². The molecule has 0 aromatic heterocycles. The van der Waals surface area contributed by atoms with Crippen molar-refractivity contribution in [3.8, 4) is 0 Å². The fourth-order valence-corrected chi connectivity index (χ4v) is 4.11. The van der Waals surface area contributed by atoms with E-state index in [4.69, 9.17) is 16.3 Å². The summed E-state index contributed by atoms with van der Waals surface area (Å²) in [4.78, 5) is 1.88. The van der Waals surface area contributed by atoms with Crippen LogP contribution in [0.1, 0.15) is 0 Å². The van der Waals surface area contributed by atoms with Crippen LogP contribution in [0.15, 0.2) is 30.3 Å². The summed E-state index contributed by atoms with van der Waals surface area (Å²) < 4.78 is 5.67. The van der Waals surface area contributed by atoms with Crippen molar-refractivity contribution in [2.75, 3.05) is 18.6 Å². The average Bonchev–Trinajstić information content (AvgIpc) is 3.18. The first kappa shape index (κ1) is 18.4. The summed E-state index contributed by atoms with van der Waals surface area (Å²) in [5, 5.41) is 42.9. The van der Waals surface area contributed by atoms with Crippen LogP contribution in [0.5, 0.6) is 0 Å². The van der Waals surface area contributed by atoms with Gasteiger partial charge in [-0.15, -0.1) is 11.6 Å². The number of fused-ring (bicyclic) bond motifs is 1. The molecule has 3 aliphatic heterocycles. The van der Waals surface area contributed by atoms with Crippen molar-refractivity contribution >= 4 is 17.3 Å². The van der Waals surface area contributed by atoms with Gasteiger partial charge in [0.1, 0.15) is 36.3 Å². The maximum absolute atomic E-state index is 10.3. The van der Waals surface area contributed by atoms with Gasteiger partial charge in [0.25, 0.3) is 0 Å². The molecule has 9 nitrogen and oxygen atoms in total. The van der Waals surface area contributed by atoms with Gasteiger partial charge in [-0.2, -0.15) is 0 Å². The number of nitrogens with one attached hydrogen (secondary N) is 4. The van der Waals surface area contributed by atoms with E-state index in [1.54, 1.807) is 0 Å². The van der Waals surface area contributed by atoms with Crippen molar-refractivity contribution in [2.24, 2.45) is 0 Å². The number of benzene rings is 1. The number of hydrogen-bond donors (Lipinski definition) is 7. The standard InChI is InChI=1S/C16H24ClN5O4/c17-13-10-14(21-16(20-13)19-8-4-2-1-3-5-8)22(7-18-10)15-12(25)11(24)9(6-23)26-15/h1-5,9-16,18-21,23-25H,6-7H2/t9-,10?,11?,12?,13?,14?,15-,16?/m1/s1. The summed E-state index contributed by atoms with van der Waals surface area (Å²) in [5.74, 6) is 0. The van der Waals surface area contributed by atoms with E-state index in [1.165, 1.54) is 0 Å². The molecule has 144 valence electrons. The van der Waals surface area contributed by atoms with Crippen molar-refractivity contribution in [2.45, 2.75) is 48.5 Å². The Kier molecular flexibility index (Phi) is 5.33. The fraction of sp³-hybridized carbons (Fsp3) is 0.625. The highest BCUT2D eigenvalue weighted by atomic mass is 35.5. The fourth-order valence-electron chi connectivity index (χ4n) is 3.76. The molecule has 4 rings (SSSR count). The molecule has 1 aromatic rings. The zero-order valence-corrected chi connectivity index (χ0v) is 14.8. The minimum absolute atomic E-state index is 0.119. The van der Waals surface area contributed by atoms with Crippen molar-refractivity contribution in [1.29, 1.82) is 0 Å². The number of aliphatic hydroxyl groups excluding tert-OH is 3. The van der Waals surface area contributed by atoms with Crippen LogP contribution >= 0.6 is 11.6 Å².